The molecular formula is C18H15N3OS. The van der Waals surface area contributed by atoms with E-state index in [1.807, 2.05) is 31.2 Å². The molecule has 0 saturated heterocycles. The fourth-order valence-corrected chi connectivity index (χ4v) is 3.40. The number of para-hydroxylation sites is 1. The summed E-state index contributed by atoms with van der Waals surface area (Å²) in [5.74, 6) is -0.117. The van der Waals surface area contributed by atoms with E-state index >= 15 is 0 Å². The van der Waals surface area contributed by atoms with E-state index < -0.39 is 0 Å². The van der Waals surface area contributed by atoms with Crippen molar-refractivity contribution in [3.8, 4) is 6.07 Å². The first-order valence-electron chi connectivity index (χ1n) is 7.23. The molecule has 0 radical (unpaired) electrons. The van der Waals surface area contributed by atoms with Gasteiger partial charge >= 0.3 is 0 Å². The number of hydrogen-bond acceptors (Lipinski definition) is 4. The molecule has 0 fully saturated rings. The molecule has 5 heteroatoms. The quantitative estimate of drug-likeness (QED) is 0.732. The number of aromatic nitrogens is 1. The van der Waals surface area contributed by atoms with Crippen molar-refractivity contribution >= 4 is 27.5 Å². The number of thiazole rings is 1. The summed E-state index contributed by atoms with van der Waals surface area (Å²) in [4.78, 5) is 18.9. The van der Waals surface area contributed by atoms with E-state index in [1.54, 1.807) is 47.5 Å². The lowest BCUT2D eigenvalue weighted by molar-refractivity contribution is 0.0742. The molecule has 114 valence electrons. The van der Waals surface area contributed by atoms with Gasteiger partial charge in [-0.05, 0) is 37.3 Å². The van der Waals surface area contributed by atoms with Crippen molar-refractivity contribution in [2.45, 2.75) is 13.0 Å². The maximum Gasteiger partial charge on any atom is 0.254 e. The molecular weight excluding hydrogens is 306 g/mol. The van der Waals surface area contributed by atoms with Gasteiger partial charge in [0.05, 0.1) is 27.9 Å². The minimum absolute atomic E-state index is 0.117. The molecule has 3 aromatic rings. The molecule has 0 aliphatic heterocycles. The zero-order valence-corrected chi connectivity index (χ0v) is 13.7. The van der Waals surface area contributed by atoms with Crippen LogP contribution in [0, 0.1) is 11.3 Å². The molecule has 0 spiro atoms. The summed E-state index contributed by atoms with van der Waals surface area (Å²) in [7, 11) is 1.76. The van der Waals surface area contributed by atoms with E-state index in [-0.39, 0.29) is 11.9 Å². The molecule has 2 aromatic carbocycles. The van der Waals surface area contributed by atoms with Gasteiger partial charge < -0.3 is 4.90 Å². The highest BCUT2D eigenvalue weighted by molar-refractivity contribution is 7.18. The molecule has 3 rings (SSSR count). The van der Waals surface area contributed by atoms with Crippen molar-refractivity contribution in [1.29, 1.82) is 5.26 Å². The number of nitriles is 1. The van der Waals surface area contributed by atoms with Crippen molar-refractivity contribution < 1.29 is 4.79 Å². The average Bonchev–Trinajstić information content (AvgIpc) is 3.04. The first-order chi connectivity index (χ1) is 11.1. The van der Waals surface area contributed by atoms with Crippen molar-refractivity contribution in [3.63, 3.8) is 0 Å². The lowest BCUT2D eigenvalue weighted by Gasteiger charge is -2.23. The highest BCUT2D eigenvalue weighted by Crippen LogP contribution is 2.29. The number of amides is 1. The third-order valence-electron chi connectivity index (χ3n) is 3.81. The normalized spacial score (nSPS) is 11.9. The molecule has 0 saturated carbocycles. The maximum atomic E-state index is 12.6. The first-order valence-corrected chi connectivity index (χ1v) is 8.04. The number of carbonyl (C=O) groups excluding carboxylic acids is 1. The van der Waals surface area contributed by atoms with Crippen molar-refractivity contribution in [1.82, 2.24) is 9.88 Å². The fourth-order valence-electron chi connectivity index (χ4n) is 2.34. The molecule has 23 heavy (non-hydrogen) atoms. The summed E-state index contributed by atoms with van der Waals surface area (Å²) in [6.07, 6.45) is 0. The van der Waals surface area contributed by atoms with E-state index in [4.69, 9.17) is 5.26 Å². The molecule has 1 amide bonds. The van der Waals surface area contributed by atoms with Gasteiger partial charge in [0.15, 0.2) is 0 Å². The summed E-state index contributed by atoms with van der Waals surface area (Å²) in [6.45, 7) is 1.96. The minimum atomic E-state index is -0.134. The first kappa shape index (κ1) is 15.2. The monoisotopic (exact) mass is 321 g/mol. The Morgan fingerprint density at radius 2 is 2.04 bits per heavy atom. The smallest absolute Gasteiger partial charge is 0.254 e. The number of rotatable bonds is 3. The highest BCUT2D eigenvalue weighted by Gasteiger charge is 2.21. The van der Waals surface area contributed by atoms with Gasteiger partial charge in [0.25, 0.3) is 5.91 Å². The second kappa shape index (κ2) is 6.19. The van der Waals surface area contributed by atoms with Crippen LogP contribution in [0.4, 0.5) is 0 Å². The van der Waals surface area contributed by atoms with E-state index in [2.05, 4.69) is 11.1 Å². The second-order valence-electron chi connectivity index (χ2n) is 5.30. The van der Waals surface area contributed by atoms with Crippen LogP contribution < -0.4 is 0 Å². The Morgan fingerprint density at radius 1 is 1.26 bits per heavy atom. The van der Waals surface area contributed by atoms with Crippen LogP contribution in [0.25, 0.3) is 10.2 Å². The van der Waals surface area contributed by atoms with E-state index in [0.717, 1.165) is 15.2 Å². The molecule has 4 nitrogen and oxygen atoms in total. The molecule has 1 atom stereocenters. The van der Waals surface area contributed by atoms with Gasteiger partial charge in [-0.15, -0.1) is 11.3 Å². The third kappa shape index (κ3) is 2.94. The summed E-state index contributed by atoms with van der Waals surface area (Å²) >= 11 is 1.60. The Kier molecular flexibility index (Phi) is 4.09. The zero-order chi connectivity index (χ0) is 16.4. The SMILES string of the molecule is C[C@@H](c1nc2ccccc2s1)N(C)C(=O)c1cccc(C#N)c1. The summed E-state index contributed by atoms with van der Waals surface area (Å²) in [6, 6.07) is 16.6. The highest BCUT2D eigenvalue weighted by atomic mass is 32.1. The number of hydrogen-bond donors (Lipinski definition) is 0. The Bertz CT molecular complexity index is 877. The lowest BCUT2D eigenvalue weighted by Crippen LogP contribution is -2.29. The maximum absolute atomic E-state index is 12.6. The Hall–Kier alpha value is -2.71. The van der Waals surface area contributed by atoms with Gasteiger partial charge in [-0.2, -0.15) is 5.26 Å². The van der Waals surface area contributed by atoms with Gasteiger partial charge in [-0.25, -0.2) is 4.98 Å². The number of benzene rings is 2. The number of carbonyl (C=O) groups is 1. The van der Waals surface area contributed by atoms with Crippen LogP contribution in [0.15, 0.2) is 48.5 Å². The van der Waals surface area contributed by atoms with Gasteiger partial charge in [-0.1, -0.05) is 18.2 Å². The van der Waals surface area contributed by atoms with Crippen LogP contribution in [0.5, 0.6) is 0 Å². The van der Waals surface area contributed by atoms with Crippen LogP contribution in [0.2, 0.25) is 0 Å². The van der Waals surface area contributed by atoms with Crippen LogP contribution in [-0.4, -0.2) is 22.8 Å². The van der Waals surface area contributed by atoms with Gasteiger partial charge in [0.1, 0.15) is 5.01 Å². The summed E-state index contributed by atoms with van der Waals surface area (Å²) < 4.78 is 1.11. The third-order valence-corrected chi connectivity index (χ3v) is 5.01. The van der Waals surface area contributed by atoms with E-state index in [1.165, 1.54) is 0 Å². The van der Waals surface area contributed by atoms with Crippen molar-refractivity contribution in [3.05, 3.63) is 64.7 Å². The Morgan fingerprint density at radius 3 is 2.78 bits per heavy atom. The zero-order valence-electron chi connectivity index (χ0n) is 12.9. The van der Waals surface area contributed by atoms with Crippen LogP contribution in [0.1, 0.15) is 33.9 Å². The van der Waals surface area contributed by atoms with Crippen LogP contribution in [0.3, 0.4) is 0 Å². The second-order valence-corrected chi connectivity index (χ2v) is 6.37. The lowest BCUT2D eigenvalue weighted by atomic mass is 10.1. The van der Waals surface area contributed by atoms with Crippen LogP contribution in [-0.2, 0) is 0 Å². The molecule has 1 heterocycles. The molecule has 0 bridgehead atoms. The molecule has 0 N–H and O–H groups in total. The van der Waals surface area contributed by atoms with E-state index in [9.17, 15) is 4.79 Å². The van der Waals surface area contributed by atoms with Gasteiger partial charge in [0.2, 0.25) is 0 Å². The predicted molar refractivity (Wildman–Crippen MR) is 91.3 cm³/mol. The van der Waals surface area contributed by atoms with Crippen molar-refractivity contribution in [2.75, 3.05) is 7.05 Å². The topological polar surface area (TPSA) is 57.0 Å². The Balaban J connectivity index is 1.87. The molecule has 1 aromatic heterocycles. The number of nitrogens with zero attached hydrogens (tertiary/aromatic N) is 3. The largest absolute Gasteiger partial charge is 0.333 e. The van der Waals surface area contributed by atoms with Gasteiger partial charge in [0, 0.05) is 12.6 Å². The molecule has 0 aliphatic rings. The van der Waals surface area contributed by atoms with Gasteiger partial charge in [-0.3, -0.25) is 4.79 Å². The summed E-state index contributed by atoms with van der Waals surface area (Å²) in [5.41, 5.74) is 1.95. The molecule has 0 aliphatic carbocycles. The number of fused-ring (bicyclic) bond motifs is 1. The van der Waals surface area contributed by atoms with Crippen LogP contribution >= 0.6 is 11.3 Å². The average molecular weight is 321 g/mol. The minimum Gasteiger partial charge on any atom is -0.333 e. The van der Waals surface area contributed by atoms with E-state index in [0.29, 0.717) is 11.1 Å². The van der Waals surface area contributed by atoms with Crippen molar-refractivity contribution in [2.24, 2.45) is 0 Å². The molecule has 0 unspecified atom stereocenters. The Labute approximate surface area is 138 Å². The fraction of sp³-hybridized carbons (Fsp3) is 0.167. The predicted octanol–water partition coefficient (Wildman–Crippen LogP) is 4.00. The summed E-state index contributed by atoms with van der Waals surface area (Å²) in [5, 5.41) is 9.87. The standard InChI is InChI=1S/C18H15N3OS/c1-12(17-20-15-8-3-4-9-16(15)23-17)21(2)18(22)14-7-5-6-13(10-14)11-19/h3-10,12H,1-2H3/t12-/m0/s1.